The quantitative estimate of drug-likeness (QED) is 0.871. The molecule has 3 N–H and O–H groups in total. The molecule has 1 aliphatic heterocycles. The Morgan fingerprint density at radius 2 is 2.15 bits per heavy atom. The van der Waals surface area contributed by atoms with Gasteiger partial charge in [-0.2, -0.15) is 0 Å². The van der Waals surface area contributed by atoms with E-state index in [-0.39, 0.29) is 0 Å². The van der Waals surface area contributed by atoms with Crippen LogP contribution in [0.1, 0.15) is 19.3 Å². The van der Waals surface area contributed by atoms with Gasteiger partial charge in [0.1, 0.15) is 5.82 Å². The molecule has 1 aliphatic carbocycles. The first-order valence-corrected chi connectivity index (χ1v) is 7.62. The zero-order chi connectivity index (χ0) is 13.8. The van der Waals surface area contributed by atoms with Crippen molar-refractivity contribution in [3.05, 3.63) is 18.3 Å². The maximum atomic E-state index is 5.83. The Kier molecular flexibility index (Phi) is 4.38. The van der Waals surface area contributed by atoms with E-state index in [0.29, 0.717) is 12.0 Å². The summed E-state index contributed by atoms with van der Waals surface area (Å²) in [6.07, 6.45) is 5.68. The monoisotopic (exact) mass is 276 g/mol. The maximum absolute atomic E-state index is 5.83. The fraction of sp³-hybridized carbons (Fsp3) is 0.667. The molecule has 2 atom stereocenters. The van der Waals surface area contributed by atoms with Crippen LogP contribution in [0.2, 0.25) is 0 Å². The minimum absolute atomic E-state index is 0.510. The number of ether oxygens (including phenoxy) is 1. The van der Waals surface area contributed by atoms with Crippen LogP contribution in [-0.4, -0.2) is 43.9 Å². The molecule has 0 spiro atoms. The number of nitrogens with one attached hydrogen (secondary N) is 1. The Bertz CT molecular complexity index is 416. The molecule has 2 aliphatic rings. The third kappa shape index (κ3) is 3.04. The van der Waals surface area contributed by atoms with Gasteiger partial charge < -0.3 is 20.7 Å². The molecular weight excluding hydrogens is 252 g/mol. The van der Waals surface area contributed by atoms with Crippen molar-refractivity contribution < 1.29 is 4.74 Å². The van der Waals surface area contributed by atoms with Gasteiger partial charge in [0.25, 0.3) is 0 Å². The van der Waals surface area contributed by atoms with Crippen molar-refractivity contribution >= 4 is 11.5 Å². The summed E-state index contributed by atoms with van der Waals surface area (Å²) in [5.41, 5.74) is 6.93. The topological polar surface area (TPSA) is 63.4 Å². The SMILES string of the molecule is NCC1CCCC1Nc1ccc(N2CCOCC2)nc1. The van der Waals surface area contributed by atoms with Gasteiger partial charge in [-0.25, -0.2) is 4.98 Å². The third-order valence-corrected chi connectivity index (χ3v) is 4.40. The van der Waals surface area contributed by atoms with Crippen molar-refractivity contribution in [3.63, 3.8) is 0 Å². The van der Waals surface area contributed by atoms with Gasteiger partial charge in [-0.1, -0.05) is 6.42 Å². The average Bonchev–Trinajstić information content (AvgIpc) is 2.96. The Morgan fingerprint density at radius 1 is 1.30 bits per heavy atom. The summed E-state index contributed by atoms with van der Waals surface area (Å²) in [6.45, 7) is 4.22. The molecule has 1 saturated heterocycles. The van der Waals surface area contributed by atoms with E-state index in [0.717, 1.165) is 44.4 Å². The lowest BCUT2D eigenvalue weighted by atomic mass is 10.0. The van der Waals surface area contributed by atoms with E-state index >= 15 is 0 Å². The molecule has 5 heteroatoms. The van der Waals surface area contributed by atoms with Crippen LogP contribution >= 0.6 is 0 Å². The van der Waals surface area contributed by atoms with Crippen molar-refractivity contribution in [1.29, 1.82) is 0 Å². The second-order valence-corrected chi connectivity index (χ2v) is 5.68. The van der Waals surface area contributed by atoms with Crippen molar-refractivity contribution in [2.75, 3.05) is 43.1 Å². The number of nitrogens with zero attached hydrogens (tertiary/aromatic N) is 2. The molecule has 1 aromatic rings. The van der Waals surface area contributed by atoms with E-state index in [1.807, 2.05) is 6.20 Å². The molecule has 0 bridgehead atoms. The highest BCUT2D eigenvalue weighted by Gasteiger charge is 2.25. The second kappa shape index (κ2) is 6.41. The molecule has 0 aromatic carbocycles. The Morgan fingerprint density at radius 3 is 2.85 bits per heavy atom. The molecule has 2 fully saturated rings. The number of anilines is 2. The van der Waals surface area contributed by atoms with Crippen LogP contribution < -0.4 is 16.0 Å². The minimum Gasteiger partial charge on any atom is -0.381 e. The lowest BCUT2D eigenvalue weighted by Crippen LogP contribution is -2.36. The van der Waals surface area contributed by atoms with Crippen molar-refractivity contribution in [3.8, 4) is 0 Å². The van der Waals surface area contributed by atoms with E-state index in [9.17, 15) is 0 Å². The molecule has 2 unspecified atom stereocenters. The molecule has 1 saturated carbocycles. The maximum Gasteiger partial charge on any atom is 0.128 e. The number of aromatic nitrogens is 1. The normalized spacial score (nSPS) is 26.8. The zero-order valence-electron chi connectivity index (χ0n) is 11.9. The Labute approximate surface area is 120 Å². The lowest BCUT2D eigenvalue weighted by Gasteiger charge is -2.28. The lowest BCUT2D eigenvalue weighted by molar-refractivity contribution is 0.122. The van der Waals surface area contributed by atoms with Crippen LogP contribution in [-0.2, 0) is 4.74 Å². The van der Waals surface area contributed by atoms with Gasteiger partial charge in [0.05, 0.1) is 25.1 Å². The van der Waals surface area contributed by atoms with E-state index in [2.05, 4.69) is 27.3 Å². The Balaban J connectivity index is 1.61. The van der Waals surface area contributed by atoms with Crippen LogP contribution in [0, 0.1) is 5.92 Å². The van der Waals surface area contributed by atoms with Crippen LogP contribution in [0.25, 0.3) is 0 Å². The summed E-state index contributed by atoms with van der Waals surface area (Å²) in [6, 6.07) is 4.74. The number of nitrogens with two attached hydrogens (primary N) is 1. The molecule has 2 heterocycles. The van der Waals surface area contributed by atoms with Crippen LogP contribution in [0.5, 0.6) is 0 Å². The first-order chi connectivity index (χ1) is 9.86. The highest BCUT2D eigenvalue weighted by Crippen LogP contribution is 2.28. The Hall–Kier alpha value is -1.33. The van der Waals surface area contributed by atoms with Gasteiger partial charge >= 0.3 is 0 Å². The van der Waals surface area contributed by atoms with Gasteiger partial charge in [-0.3, -0.25) is 0 Å². The highest BCUT2D eigenvalue weighted by atomic mass is 16.5. The smallest absolute Gasteiger partial charge is 0.128 e. The van der Waals surface area contributed by atoms with Crippen molar-refractivity contribution in [2.45, 2.75) is 25.3 Å². The van der Waals surface area contributed by atoms with Crippen molar-refractivity contribution in [1.82, 2.24) is 4.98 Å². The zero-order valence-corrected chi connectivity index (χ0v) is 11.9. The van der Waals surface area contributed by atoms with Gasteiger partial charge in [0, 0.05) is 19.1 Å². The number of rotatable bonds is 4. The number of pyridine rings is 1. The molecule has 0 radical (unpaired) electrons. The standard InChI is InChI=1S/C15H24N4O/c16-10-12-2-1-3-14(12)18-13-4-5-15(17-11-13)19-6-8-20-9-7-19/h4-5,11-12,14,18H,1-3,6-10,16H2. The van der Waals surface area contributed by atoms with Gasteiger partial charge in [-0.05, 0) is 37.4 Å². The van der Waals surface area contributed by atoms with Crippen LogP contribution in [0.15, 0.2) is 18.3 Å². The van der Waals surface area contributed by atoms with E-state index < -0.39 is 0 Å². The second-order valence-electron chi connectivity index (χ2n) is 5.68. The summed E-state index contributed by atoms with van der Waals surface area (Å²) in [4.78, 5) is 6.84. The number of morpholine rings is 1. The van der Waals surface area contributed by atoms with E-state index in [4.69, 9.17) is 10.5 Å². The fourth-order valence-electron chi connectivity index (χ4n) is 3.17. The van der Waals surface area contributed by atoms with Gasteiger partial charge in [0.2, 0.25) is 0 Å². The van der Waals surface area contributed by atoms with Gasteiger partial charge in [0.15, 0.2) is 0 Å². The van der Waals surface area contributed by atoms with Gasteiger partial charge in [-0.15, -0.1) is 0 Å². The summed E-state index contributed by atoms with van der Waals surface area (Å²) < 4.78 is 5.36. The first-order valence-electron chi connectivity index (χ1n) is 7.62. The predicted octanol–water partition coefficient (Wildman–Crippen LogP) is 1.46. The molecule has 0 amide bonds. The largest absolute Gasteiger partial charge is 0.381 e. The third-order valence-electron chi connectivity index (χ3n) is 4.40. The summed E-state index contributed by atoms with van der Waals surface area (Å²) in [7, 11) is 0. The minimum atomic E-state index is 0.510. The van der Waals surface area contributed by atoms with Crippen LogP contribution in [0.4, 0.5) is 11.5 Å². The highest BCUT2D eigenvalue weighted by molar-refractivity contribution is 5.49. The van der Waals surface area contributed by atoms with Crippen LogP contribution in [0.3, 0.4) is 0 Å². The van der Waals surface area contributed by atoms with Crippen molar-refractivity contribution in [2.24, 2.45) is 11.7 Å². The number of hydrogen-bond donors (Lipinski definition) is 2. The first kappa shape index (κ1) is 13.6. The summed E-state index contributed by atoms with van der Waals surface area (Å²) in [5.74, 6) is 1.65. The van der Waals surface area contributed by atoms with E-state index in [1.165, 1.54) is 19.3 Å². The predicted molar refractivity (Wildman–Crippen MR) is 81.1 cm³/mol. The fourth-order valence-corrected chi connectivity index (χ4v) is 3.17. The molecule has 110 valence electrons. The molecule has 20 heavy (non-hydrogen) atoms. The number of hydrogen-bond acceptors (Lipinski definition) is 5. The average molecular weight is 276 g/mol. The molecule has 5 nitrogen and oxygen atoms in total. The molecule has 3 rings (SSSR count). The summed E-state index contributed by atoms with van der Waals surface area (Å²) >= 11 is 0. The molecular formula is C15H24N4O. The summed E-state index contributed by atoms with van der Waals surface area (Å²) in [5, 5.41) is 3.59. The molecule has 1 aromatic heterocycles. The van der Waals surface area contributed by atoms with E-state index in [1.54, 1.807) is 0 Å².